The molecule has 0 radical (unpaired) electrons. The minimum absolute atomic E-state index is 0.0575. The van der Waals surface area contributed by atoms with E-state index < -0.39 is 0 Å². The van der Waals surface area contributed by atoms with Crippen LogP contribution in [0.3, 0.4) is 0 Å². The first-order chi connectivity index (χ1) is 8.84. The summed E-state index contributed by atoms with van der Waals surface area (Å²) in [7, 11) is 0. The second-order valence-corrected chi connectivity index (χ2v) is 7.02. The molecule has 0 bridgehead atoms. The molecule has 4 heteroatoms. The van der Waals surface area contributed by atoms with Crippen molar-refractivity contribution in [3.8, 4) is 0 Å². The fraction of sp³-hybridized carbons (Fsp3) is 0.533. The van der Waals surface area contributed by atoms with Gasteiger partial charge in [0.05, 0.1) is 24.2 Å². The van der Waals surface area contributed by atoms with Crippen molar-refractivity contribution in [2.24, 2.45) is 10.8 Å². The Morgan fingerprint density at radius 1 is 1.32 bits per heavy atom. The molecular weight excluding hydrogens is 308 g/mol. The molecule has 0 aromatic heterocycles. The lowest BCUT2D eigenvalue weighted by molar-refractivity contribution is -0.190. The number of carbonyl (C=O) groups is 1. The Bertz CT molecular complexity index is 455. The molecule has 1 fully saturated rings. The largest absolute Gasteiger partial charge is 0.461 e. The van der Waals surface area contributed by atoms with Gasteiger partial charge in [-0.05, 0) is 29.7 Å². The lowest BCUT2D eigenvalue weighted by Gasteiger charge is -2.50. The maximum absolute atomic E-state index is 12.0. The Morgan fingerprint density at radius 2 is 1.89 bits per heavy atom. The summed E-state index contributed by atoms with van der Waals surface area (Å²) in [6, 6.07) is 7.19. The average molecular weight is 327 g/mol. The average Bonchev–Trinajstić information content (AvgIpc) is 2.26. The zero-order valence-corrected chi connectivity index (χ0v) is 13.1. The van der Waals surface area contributed by atoms with E-state index in [0.29, 0.717) is 25.4 Å². The summed E-state index contributed by atoms with van der Waals surface area (Å²) in [6.07, 6.45) is 0. The summed E-state index contributed by atoms with van der Waals surface area (Å²) in [5, 5.41) is 0. The van der Waals surface area contributed by atoms with Crippen molar-refractivity contribution in [2.75, 3.05) is 19.8 Å². The zero-order valence-electron chi connectivity index (χ0n) is 11.5. The monoisotopic (exact) mass is 326 g/mol. The first-order valence-corrected chi connectivity index (χ1v) is 7.14. The molecule has 0 amide bonds. The number of hydrogen-bond donors (Lipinski definition) is 0. The van der Waals surface area contributed by atoms with Gasteiger partial charge in [0.25, 0.3) is 0 Å². The normalized spacial score (nSPS) is 17.7. The standard InChI is InChI=1S/C15H19BrO3/c1-14(2,3)15(8-18-9-15)10-19-13(17)11-4-6-12(16)7-5-11/h4-7H,8-10H2,1-3H3. The smallest absolute Gasteiger partial charge is 0.338 e. The maximum atomic E-state index is 12.0. The lowest BCUT2D eigenvalue weighted by atomic mass is 9.65. The van der Waals surface area contributed by atoms with Crippen molar-refractivity contribution < 1.29 is 14.3 Å². The molecule has 2 rings (SSSR count). The Balaban J connectivity index is 1.99. The van der Waals surface area contributed by atoms with Gasteiger partial charge < -0.3 is 9.47 Å². The van der Waals surface area contributed by atoms with Crippen molar-refractivity contribution >= 4 is 21.9 Å². The van der Waals surface area contributed by atoms with Gasteiger partial charge in [0.1, 0.15) is 6.61 Å². The van der Waals surface area contributed by atoms with Gasteiger partial charge in [0.15, 0.2) is 0 Å². The van der Waals surface area contributed by atoms with Gasteiger partial charge in [0, 0.05) is 4.47 Å². The van der Waals surface area contributed by atoms with Crippen LogP contribution in [-0.2, 0) is 9.47 Å². The van der Waals surface area contributed by atoms with E-state index in [1.165, 1.54) is 0 Å². The second-order valence-electron chi connectivity index (χ2n) is 6.11. The highest BCUT2D eigenvalue weighted by molar-refractivity contribution is 9.10. The van der Waals surface area contributed by atoms with Gasteiger partial charge in [-0.25, -0.2) is 4.79 Å². The van der Waals surface area contributed by atoms with E-state index in [-0.39, 0.29) is 16.8 Å². The summed E-state index contributed by atoms with van der Waals surface area (Å²) >= 11 is 3.34. The molecule has 0 saturated carbocycles. The van der Waals surface area contributed by atoms with E-state index in [2.05, 4.69) is 36.7 Å². The Hall–Kier alpha value is -0.870. The van der Waals surface area contributed by atoms with Crippen LogP contribution in [0.15, 0.2) is 28.7 Å². The highest BCUT2D eigenvalue weighted by atomic mass is 79.9. The fourth-order valence-electron chi connectivity index (χ4n) is 1.95. The predicted octanol–water partition coefficient (Wildman–Crippen LogP) is 3.67. The third-order valence-electron chi connectivity index (χ3n) is 3.91. The van der Waals surface area contributed by atoms with Gasteiger partial charge in [-0.15, -0.1) is 0 Å². The topological polar surface area (TPSA) is 35.5 Å². The molecule has 104 valence electrons. The Morgan fingerprint density at radius 3 is 2.32 bits per heavy atom. The summed E-state index contributed by atoms with van der Waals surface area (Å²) in [4.78, 5) is 12.0. The molecule has 1 saturated heterocycles. The number of halogens is 1. The second kappa shape index (κ2) is 5.25. The number of carbonyl (C=O) groups excluding carboxylic acids is 1. The highest BCUT2D eigenvalue weighted by Gasteiger charge is 2.49. The van der Waals surface area contributed by atoms with Crippen LogP contribution in [0.25, 0.3) is 0 Å². The number of esters is 1. The number of ether oxygens (including phenoxy) is 2. The van der Waals surface area contributed by atoms with E-state index in [0.717, 1.165) is 4.47 Å². The molecule has 1 aromatic carbocycles. The van der Waals surface area contributed by atoms with Gasteiger partial charge in [-0.2, -0.15) is 0 Å². The zero-order chi connectivity index (χ0) is 14.1. The molecule has 1 aliphatic rings. The van der Waals surface area contributed by atoms with Gasteiger partial charge >= 0.3 is 5.97 Å². The molecule has 0 spiro atoms. The van der Waals surface area contributed by atoms with Gasteiger partial charge in [-0.1, -0.05) is 36.7 Å². The quantitative estimate of drug-likeness (QED) is 0.795. The molecule has 19 heavy (non-hydrogen) atoms. The van der Waals surface area contributed by atoms with Crippen molar-refractivity contribution in [3.63, 3.8) is 0 Å². The summed E-state index contributed by atoms with van der Waals surface area (Å²) < 4.78 is 11.7. The van der Waals surface area contributed by atoms with E-state index in [4.69, 9.17) is 9.47 Å². The van der Waals surface area contributed by atoms with Crippen molar-refractivity contribution in [1.29, 1.82) is 0 Å². The molecular formula is C15H19BrO3. The van der Waals surface area contributed by atoms with Crippen molar-refractivity contribution in [1.82, 2.24) is 0 Å². The maximum Gasteiger partial charge on any atom is 0.338 e. The number of rotatable bonds is 3. The minimum atomic E-state index is -0.275. The molecule has 0 atom stereocenters. The van der Waals surface area contributed by atoms with Crippen LogP contribution >= 0.6 is 15.9 Å². The van der Waals surface area contributed by atoms with Crippen LogP contribution in [0.4, 0.5) is 0 Å². The Kier molecular flexibility index (Phi) is 4.02. The highest BCUT2D eigenvalue weighted by Crippen LogP contribution is 2.44. The summed E-state index contributed by atoms with van der Waals surface area (Å²) in [5.41, 5.74) is 0.580. The van der Waals surface area contributed by atoms with Crippen molar-refractivity contribution in [3.05, 3.63) is 34.3 Å². The summed E-state index contributed by atoms with van der Waals surface area (Å²) in [6.45, 7) is 8.19. The van der Waals surface area contributed by atoms with Crippen LogP contribution < -0.4 is 0 Å². The minimum Gasteiger partial charge on any atom is -0.461 e. The number of benzene rings is 1. The van der Waals surface area contributed by atoms with E-state index in [1.54, 1.807) is 12.1 Å². The van der Waals surface area contributed by atoms with Crippen LogP contribution in [-0.4, -0.2) is 25.8 Å². The molecule has 3 nitrogen and oxygen atoms in total. The molecule has 1 heterocycles. The van der Waals surface area contributed by atoms with Gasteiger partial charge in [-0.3, -0.25) is 0 Å². The predicted molar refractivity (Wildman–Crippen MR) is 77.1 cm³/mol. The third-order valence-corrected chi connectivity index (χ3v) is 4.44. The van der Waals surface area contributed by atoms with Crippen LogP contribution in [0, 0.1) is 10.8 Å². The van der Waals surface area contributed by atoms with Crippen LogP contribution in [0.2, 0.25) is 0 Å². The fourth-order valence-corrected chi connectivity index (χ4v) is 2.22. The number of hydrogen-bond acceptors (Lipinski definition) is 3. The molecule has 0 N–H and O–H groups in total. The third kappa shape index (κ3) is 3.00. The van der Waals surface area contributed by atoms with Crippen LogP contribution in [0.5, 0.6) is 0 Å². The van der Waals surface area contributed by atoms with E-state index >= 15 is 0 Å². The first kappa shape index (κ1) is 14.5. The summed E-state index contributed by atoms with van der Waals surface area (Å²) in [5.74, 6) is -0.275. The molecule has 0 unspecified atom stereocenters. The van der Waals surface area contributed by atoms with E-state index in [1.807, 2.05) is 12.1 Å². The molecule has 0 aliphatic carbocycles. The Labute approximate surface area is 122 Å². The van der Waals surface area contributed by atoms with Crippen LogP contribution in [0.1, 0.15) is 31.1 Å². The lowest BCUT2D eigenvalue weighted by Crippen LogP contribution is -2.55. The van der Waals surface area contributed by atoms with Crippen molar-refractivity contribution in [2.45, 2.75) is 20.8 Å². The molecule has 1 aliphatic heterocycles. The SMILES string of the molecule is CC(C)(C)C1(COC(=O)c2ccc(Br)cc2)COC1. The van der Waals surface area contributed by atoms with Gasteiger partial charge in [0.2, 0.25) is 0 Å². The molecule has 1 aromatic rings. The van der Waals surface area contributed by atoms with E-state index in [9.17, 15) is 4.79 Å². The first-order valence-electron chi connectivity index (χ1n) is 6.35.